The molecule has 2 amide bonds. The smallest absolute Gasteiger partial charge is 0.270 e. The van der Waals surface area contributed by atoms with Crippen molar-refractivity contribution in [2.75, 3.05) is 0 Å². The van der Waals surface area contributed by atoms with Gasteiger partial charge in [-0.3, -0.25) is 9.59 Å². The Hall–Kier alpha value is -5.00. The standard InChI is InChI=1S/C25H21N9O3/c1-34-32-23(31-33-34)16-4-6-18-15(9-16)5-7-19(18)30-25(36)21-10-20(27-13-28-21)24(35)26-11-14-2-3-17-12-29-37-22(17)8-14/h2-4,6,8-10,12-13,19H,5,7,11H2,1H3,(H,26,35)(H,30,36)/t19-/m1/s1. The topological polar surface area (TPSA) is 154 Å². The Morgan fingerprint density at radius 1 is 1.08 bits per heavy atom. The van der Waals surface area contributed by atoms with Crippen LogP contribution in [0.2, 0.25) is 0 Å². The van der Waals surface area contributed by atoms with E-state index < -0.39 is 5.91 Å². The molecule has 5 aromatic rings. The molecule has 12 heteroatoms. The van der Waals surface area contributed by atoms with Gasteiger partial charge in [0.2, 0.25) is 5.82 Å². The number of tetrazole rings is 1. The van der Waals surface area contributed by atoms with Gasteiger partial charge in [0.15, 0.2) is 5.58 Å². The van der Waals surface area contributed by atoms with E-state index >= 15 is 0 Å². The normalized spacial score (nSPS) is 14.5. The lowest BCUT2D eigenvalue weighted by molar-refractivity contribution is 0.0931. The van der Waals surface area contributed by atoms with Gasteiger partial charge in [0.25, 0.3) is 11.8 Å². The van der Waals surface area contributed by atoms with Crippen LogP contribution in [0.25, 0.3) is 22.4 Å². The predicted octanol–water partition coefficient (Wildman–Crippen LogP) is 2.16. The number of carbonyl (C=O) groups is 2. The van der Waals surface area contributed by atoms with Crippen molar-refractivity contribution in [2.45, 2.75) is 25.4 Å². The molecule has 2 N–H and O–H groups in total. The third kappa shape index (κ3) is 4.51. The molecular weight excluding hydrogens is 474 g/mol. The van der Waals surface area contributed by atoms with Crippen LogP contribution < -0.4 is 10.6 Å². The summed E-state index contributed by atoms with van der Waals surface area (Å²) in [7, 11) is 1.72. The molecule has 184 valence electrons. The van der Waals surface area contributed by atoms with Crippen LogP contribution in [0, 0.1) is 0 Å². The molecule has 3 heterocycles. The molecule has 0 saturated carbocycles. The highest BCUT2D eigenvalue weighted by Gasteiger charge is 2.26. The van der Waals surface area contributed by atoms with E-state index in [4.69, 9.17) is 4.52 Å². The van der Waals surface area contributed by atoms with Gasteiger partial charge in [0, 0.05) is 23.6 Å². The Balaban J connectivity index is 1.11. The summed E-state index contributed by atoms with van der Waals surface area (Å²) >= 11 is 0. The molecule has 0 fully saturated rings. The van der Waals surface area contributed by atoms with Gasteiger partial charge in [0.05, 0.1) is 19.3 Å². The largest absolute Gasteiger partial charge is 0.356 e. The van der Waals surface area contributed by atoms with E-state index in [0.717, 1.165) is 40.5 Å². The minimum Gasteiger partial charge on any atom is -0.356 e. The van der Waals surface area contributed by atoms with Crippen LogP contribution in [0.4, 0.5) is 0 Å². The third-order valence-electron chi connectivity index (χ3n) is 6.30. The summed E-state index contributed by atoms with van der Waals surface area (Å²) in [4.78, 5) is 35.2. The van der Waals surface area contributed by atoms with Gasteiger partial charge in [-0.15, -0.1) is 10.2 Å². The molecule has 2 aromatic carbocycles. The number of fused-ring (bicyclic) bond motifs is 2. The summed E-state index contributed by atoms with van der Waals surface area (Å²) in [5, 5.41) is 22.7. The first-order valence-corrected chi connectivity index (χ1v) is 11.6. The molecule has 0 bridgehead atoms. The molecule has 0 unspecified atom stereocenters. The average Bonchev–Trinajstić information content (AvgIpc) is 3.67. The van der Waals surface area contributed by atoms with Crippen molar-refractivity contribution < 1.29 is 14.1 Å². The van der Waals surface area contributed by atoms with E-state index in [1.54, 1.807) is 13.2 Å². The molecule has 1 atom stereocenters. The Kier molecular flexibility index (Phi) is 5.60. The molecule has 6 rings (SSSR count). The lowest BCUT2D eigenvalue weighted by atomic mass is 10.0. The molecular formula is C25H21N9O3. The number of nitrogens with zero attached hydrogens (tertiary/aromatic N) is 7. The monoisotopic (exact) mass is 495 g/mol. The summed E-state index contributed by atoms with van der Waals surface area (Å²) in [6.45, 7) is 0.270. The van der Waals surface area contributed by atoms with Crippen molar-refractivity contribution in [3.63, 3.8) is 0 Å². The molecule has 1 aliphatic carbocycles. The highest BCUT2D eigenvalue weighted by Crippen LogP contribution is 2.33. The predicted molar refractivity (Wildman–Crippen MR) is 130 cm³/mol. The van der Waals surface area contributed by atoms with Crippen molar-refractivity contribution in [3.8, 4) is 11.4 Å². The molecule has 0 spiro atoms. The van der Waals surface area contributed by atoms with Crippen LogP contribution in [0.15, 0.2) is 59.5 Å². The number of carbonyl (C=O) groups excluding carboxylic acids is 2. The molecule has 12 nitrogen and oxygen atoms in total. The van der Waals surface area contributed by atoms with Gasteiger partial charge >= 0.3 is 0 Å². The van der Waals surface area contributed by atoms with Crippen LogP contribution in [-0.2, 0) is 20.0 Å². The van der Waals surface area contributed by atoms with Gasteiger partial charge in [-0.25, -0.2) is 9.97 Å². The van der Waals surface area contributed by atoms with Gasteiger partial charge in [-0.05, 0) is 52.9 Å². The summed E-state index contributed by atoms with van der Waals surface area (Å²) < 4.78 is 5.16. The zero-order valence-electron chi connectivity index (χ0n) is 19.8. The van der Waals surface area contributed by atoms with E-state index in [-0.39, 0.29) is 29.9 Å². The molecule has 1 aliphatic rings. The Labute approximate surface area is 210 Å². The third-order valence-corrected chi connectivity index (χ3v) is 6.30. The SMILES string of the molecule is Cn1nnc(-c2ccc3c(c2)CC[C@H]3NC(=O)c2cc(C(=O)NCc3ccc4cnoc4c3)ncn2)n1. The maximum absolute atomic E-state index is 13.0. The second-order valence-corrected chi connectivity index (χ2v) is 8.75. The fourth-order valence-electron chi connectivity index (χ4n) is 4.43. The minimum atomic E-state index is -0.412. The quantitative estimate of drug-likeness (QED) is 0.361. The highest BCUT2D eigenvalue weighted by molar-refractivity contribution is 5.97. The Morgan fingerprint density at radius 3 is 2.78 bits per heavy atom. The zero-order chi connectivity index (χ0) is 25.4. The van der Waals surface area contributed by atoms with Crippen LogP contribution in [0.3, 0.4) is 0 Å². The van der Waals surface area contributed by atoms with Crippen molar-refractivity contribution in [3.05, 3.63) is 83.1 Å². The fraction of sp³-hybridized carbons (Fsp3) is 0.200. The van der Waals surface area contributed by atoms with Gasteiger partial charge in [-0.2, -0.15) is 4.80 Å². The molecule has 3 aromatic heterocycles. The van der Waals surface area contributed by atoms with Crippen LogP contribution in [-0.4, -0.2) is 47.1 Å². The minimum absolute atomic E-state index is 0.105. The number of rotatable bonds is 6. The molecule has 0 saturated heterocycles. The summed E-state index contributed by atoms with van der Waals surface area (Å²) in [6.07, 6.45) is 4.41. The first-order chi connectivity index (χ1) is 18.0. The molecule has 0 aliphatic heterocycles. The molecule has 0 radical (unpaired) electrons. The highest BCUT2D eigenvalue weighted by atomic mass is 16.5. The number of hydrogen-bond acceptors (Lipinski definition) is 9. The number of aryl methyl sites for hydroxylation is 2. The van der Waals surface area contributed by atoms with E-state index in [2.05, 4.69) is 41.2 Å². The van der Waals surface area contributed by atoms with E-state index in [9.17, 15) is 9.59 Å². The van der Waals surface area contributed by atoms with Crippen molar-refractivity contribution in [1.82, 2.24) is 46.0 Å². The number of nitrogens with one attached hydrogen (secondary N) is 2. The van der Waals surface area contributed by atoms with Gasteiger partial charge < -0.3 is 15.2 Å². The maximum atomic E-state index is 13.0. The van der Waals surface area contributed by atoms with Crippen LogP contribution >= 0.6 is 0 Å². The van der Waals surface area contributed by atoms with Crippen LogP contribution in [0.1, 0.15) is 50.1 Å². The summed E-state index contributed by atoms with van der Waals surface area (Å²) in [5.74, 6) is -0.224. The zero-order valence-corrected chi connectivity index (χ0v) is 19.8. The number of amides is 2. The Bertz CT molecular complexity index is 1640. The first-order valence-electron chi connectivity index (χ1n) is 11.6. The molecule has 37 heavy (non-hydrogen) atoms. The number of hydrogen-bond donors (Lipinski definition) is 2. The van der Waals surface area contributed by atoms with Crippen LogP contribution in [0.5, 0.6) is 0 Å². The second kappa shape index (κ2) is 9.22. The number of aromatic nitrogens is 7. The fourth-order valence-corrected chi connectivity index (χ4v) is 4.43. The maximum Gasteiger partial charge on any atom is 0.270 e. The van der Waals surface area contributed by atoms with E-state index in [1.807, 2.05) is 36.4 Å². The van der Waals surface area contributed by atoms with Crippen molar-refractivity contribution >= 4 is 22.8 Å². The lowest BCUT2D eigenvalue weighted by Crippen LogP contribution is -2.29. The van der Waals surface area contributed by atoms with Gasteiger partial charge in [0.1, 0.15) is 17.7 Å². The second-order valence-electron chi connectivity index (χ2n) is 8.75. The first kappa shape index (κ1) is 22.5. The van der Waals surface area contributed by atoms with E-state index in [1.165, 1.54) is 17.2 Å². The summed E-state index contributed by atoms with van der Waals surface area (Å²) in [6, 6.07) is 12.7. The lowest BCUT2D eigenvalue weighted by Gasteiger charge is -2.14. The Morgan fingerprint density at radius 2 is 1.95 bits per heavy atom. The van der Waals surface area contributed by atoms with Crippen molar-refractivity contribution in [2.24, 2.45) is 7.05 Å². The van der Waals surface area contributed by atoms with E-state index in [0.29, 0.717) is 11.4 Å². The average molecular weight is 496 g/mol. The summed E-state index contributed by atoms with van der Waals surface area (Å²) in [5.41, 5.74) is 4.76. The number of benzene rings is 2. The van der Waals surface area contributed by atoms with Gasteiger partial charge in [-0.1, -0.05) is 23.4 Å². The van der Waals surface area contributed by atoms with Crippen molar-refractivity contribution in [1.29, 1.82) is 0 Å².